The minimum atomic E-state index is -0.834. The predicted molar refractivity (Wildman–Crippen MR) is 71.4 cm³/mol. The van der Waals surface area contributed by atoms with Crippen molar-refractivity contribution in [2.45, 2.75) is 6.04 Å². The van der Waals surface area contributed by atoms with Gasteiger partial charge in [0.25, 0.3) is 0 Å². The Labute approximate surface area is 113 Å². The molecule has 2 aromatic rings. The topological polar surface area (TPSA) is 12.0 Å². The van der Waals surface area contributed by atoms with Crippen LogP contribution >= 0.6 is 15.9 Å². The van der Waals surface area contributed by atoms with Crippen LogP contribution in [0.2, 0.25) is 0 Å². The Bertz CT molecular complexity index is 557. The molecule has 0 aliphatic heterocycles. The van der Waals surface area contributed by atoms with Gasteiger partial charge in [0.2, 0.25) is 0 Å². The first-order valence-electron chi connectivity index (χ1n) is 5.50. The first kappa shape index (κ1) is 13.2. The number of halogens is 3. The van der Waals surface area contributed by atoms with E-state index in [4.69, 9.17) is 0 Å². The van der Waals surface area contributed by atoms with Crippen molar-refractivity contribution in [3.63, 3.8) is 0 Å². The van der Waals surface area contributed by atoms with E-state index in [1.807, 2.05) is 24.3 Å². The Morgan fingerprint density at radius 3 is 2.39 bits per heavy atom. The Hall–Kier alpha value is -1.26. The molecule has 1 N–H and O–H groups in total. The average Bonchev–Trinajstić information content (AvgIpc) is 2.37. The zero-order valence-corrected chi connectivity index (χ0v) is 11.3. The van der Waals surface area contributed by atoms with Crippen LogP contribution in [0.5, 0.6) is 0 Å². The molecule has 0 aromatic heterocycles. The van der Waals surface area contributed by atoms with E-state index in [0.29, 0.717) is 5.56 Å². The van der Waals surface area contributed by atoms with E-state index in [1.54, 1.807) is 13.1 Å². The van der Waals surface area contributed by atoms with Crippen molar-refractivity contribution in [3.05, 3.63) is 69.7 Å². The van der Waals surface area contributed by atoms with Crippen molar-refractivity contribution >= 4 is 15.9 Å². The van der Waals surface area contributed by atoms with Crippen LogP contribution in [-0.4, -0.2) is 7.05 Å². The van der Waals surface area contributed by atoms with Crippen molar-refractivity contribution in [2.75, 3.05) is 7.05 Å². The summed E-state index contributed by atoms with van der Waals surface area (Å²) >= 11 is 3.46. The molecular weight excluding hydrogens is 300 g/mol. The molecule has 1 unspecified atom stereocenters. The van der Waals surface area contributed by atoms with Gasteiger partial charge in [-0.15, -0.1) is 0 Å². The monoisotopic (exact) mass is 311 g/mol. The second-order valence-electron chi connectivity index (χ2n) is 3.92. The SMILES string of the molecule is CNC(c1ccc(F)c(F)c1)c1ccccc1Br. The van der Waals surface area contributed by atoms with Gasteiger partial charge in [0, 0.05) is 4.47 Å². The summed E-state index contributed by atoms with van der Waals surface area (Å²) in [6.07, 6.45) is 0. The van der Waals surface area contributed by atoms with Gasteiger partial charge in [0.15, 0.2) is 11.6 Å². The normalized spacial score (nSPS) is 12.4. The lowest BCUT2D eigenvalue weighted by Gasteiger charge is -2.18. The molecule has 0 bridgehead atoms. The van der Waals surface area contributed by atoms with Gasteiger partial charge in [-0.3, -0.25) is 0 Å². The van der Waals surface area contributed by atoms with Gasteiger partial charge in [0.1, 0.15) is 0 Å². The maximum atomic E-state index is 13.3. The lowest BCUT2D eigenvalue weighted by Crippen LogP contribution is -2.18. The van der Waals surface area contributed by atoms with Gasteiger partial charge < -0.3 is 5.32 Å². The minimum absolute atomic E-state index is 0.185. The molecular formula is C14H12BrF2N. The van der Waals surface area contributed by atoms with Crippen LogP contribution in [0.4, 0.5) is 8.78 Å². The van der Waals surface area contributed by atoms with Crippen molar-refractivity contribution in [3.8, 4) is 0 Å². The Kier molecular flexibility index (Phi) is 4.09. The summed E-state index contributed by atoms with van der Waals surface area (Å²) < 4.78 is 27.1. The van der Waals surface area contributed by atoms with Crippen LogP contribution in [-0.2, 0) is 0 Å². The summed E-state index contributed by atoms with van der Waals surface area (Å²) in [5.41, 5.74) is 1.66. The smallest absolute Gasteiger partial charge is 0.159 e. The fourth-order valence-electron chi connectivity index (χ4n) is 1.90. The fourth-order valence-corrected chi connectivity index (χ4v) is 2.42. The highest BCUT2D eigenvalue weighted by molar-refractivity contribution is 9.10. The standard InChI is InChI=1S/C14H12BrF2N/c1-18-14(10-4-2-3-5-11(10)15)9-6-7-12(16)13(17)8-9/h2-8,14,18H,1H3. The first-order valence-corrected chi connectivity index (χ1v) is 6.29. The highest BCUT2D eigenvalue weighted by Gasteiger charge is 2.16. The third-order valence-electron chi connectivity index (χ3n) is 2.78. The van der Waals surface area contributed by atoms with Crippen LogP contribution in [0.15, 0.2) is 46.9 Å². The zero-order valence-electron chi connectivity index (χ0n) is 9.75. The van der Waals surface area contributed by atoms with Gasteiger partial charge in [0.05, 0.1) is 6.04 Å². The Morgan fingerprint density at radius 2 is 1.78 bits per heavy atom. The quantitative estimate of drug-likeness (QED) is 0.902. The lowest BCUT2D eigenvalue weighted by atomic mass is 9.99. The van der Waals surface area contributed by atoms with Crippen LogP contribution < -0.4 is 5.32 Å². The molecule has 18 heavy (non-hydrogen) atoms. The summed E-state index contributed by atoms with van der Waals surface area (Å²) in [7, 11) is 1.78. The number of hydrogen-bond donors (Lipinski definition) is 1. The van der Waals surface area contributed by atoms with Crippen molar-refractivity contribution < 1.29 is 8.78 Å². The van der Waals surface area contributed by atoms with Crippen molar-refractivity contribution in [1.82, 2.24) is 5.32 Å². The zero-order chi connectivity index (χ0) is 13.1. The van der Waals surface area contributed by atoms with Crippen LogP contribution in [0, 0.1) is 11.6 Å². The molecule has 0 aliphatic carbocycles. The third-order valence-corrected chi connectivity index (χ3v) is 3.50. The average molecular weight is 312 g/mol. The van der Waals surface area contributed by atoms with Crippen LogP contribution in [0.1, 0.15) is 17.2 Å². The molecule has 1 nitrogen and oxygen atoms in total. The number of nitrogens with one attached hydrogen (secondary N) is 1. The van der Waals surface area contributed by atoms with Gasteiger partial charge in [-0.2, -0.15) is 0 Å². The summed E-state index contributed by atoms with van der Waals surface area (Å²) in [5, 5.41) is 3.10. The van der Waals surface area contributed by atoms with E-state index in [2.05, 4.69) is 21.2 Å². The van der Waals surface area contributed by atoms with Gasteiger partial charge in [-0.25, -0.2) is 8.78 Å². The summed E-state index contributed by atoms with van der Waals surface area (Å²) in [6, 6.07) is 11.4. The molecule has 0 heterocycles. The van der Waals surface area contributed by atoms with Gasteiger partial charge >= 0.3 is 0 Å². The Morgan fingerprint density at radius 1 is 1.06 bits per heavy atom. The number of rotatable bonds is 3. The van der Waals surface area contributed by atoms with E-state index < -0.39 is 11.6 Å². The van der Waals surface area contributed by atoms with E-state index in [9.17, 15) is 8.78 Å². The van der Waals surface area contributed by atoms with Gasteiger partial charge in [-0.05, 0) is 36.4 Å². The number of hydrogen-bond acceptors (Lipinski definition) is 1. The molecule has 94 valence electrons. The second kappa shape index (κ2) is 5.59. The molecule has 4 heteroatoms. The van der Waals surface area contributed by atoms with E-state index in [1.165, 1.54) is 6.07 Å². The molecule has 2 rings (SSSR count). The number of benzene rings is 2. The van der Waals surface area contributed by atoms with Crippen molar-refractivity contribution in [1.29, 1.82) is 0 Å². The van der Waals surface area contributed by atoms with Crippen LogP contribution in [0.25, 0.3) is 0 Å². The van der Waals surface area contributed by atoms with E-state index in [0.717, 1.165) is 16.1 Å². The highest BCUT2D eigenvalue weighted by Crippen LogP contribution is 2.28. The molecule has 1 atom stereocenters. The fraction of sp³-hybridized carbons (Fsp3) is 0.143. The Balaban J connectivity index is 2.45. The summed E-state index contributed by atoms with van der Waals surface area (Å²) in [5.74, 6) is -1.67. The van der Waals surface area contributed by atoms with Crippen LogP contribution in [0.3, 0.4) is 0 Å². The molecule has 0 saturated carbocycles. The van der Waals surface area contributed by atoms with E-state index in [-0.39, 0.29) is 6.04 Å². The second-order valence-corrected chi connectivity index (χ2v) is 4.77. The maximum absolute atomic E-state index is 13.3. The highest BCUT2D eigenvalue weighted by atomic mass is 79.9. The summed E-state index contributed by atoms with van der Waals surface area (Å²) in [4.78, 5) is 0. The summed E-state index contributed by atoms with van der Waals surface area (Å²) in [6.45, 7) is 0. The largest absolute Gasteiger partial charge is 0.309 e. The third kappa shape index (κ3) is 2.60. The van der Waals surface area contributed by atoms with Gasteiger partial charge in [-0.1, -0.05) is 40.2 Å². The molecule has 0 spiro atoms. The minimum Gasteiger partial charge on any atom is -0.309 e. The maximum Gasteiger partial charge on any atom is 0.159 e. The molecule has 0 saturated heterocycles. The van der Waals surface area contributed by atoms with E-state index >= 15 is 0 Å². The molecule has 0 aliphatic rings. The predicted octanol–water partition coefficient (Wildman–Crippen LogP) is 4.04. The molecule has 0 radical (unpaired) electrons. The first-order chi connectivity index (χ1) is 8.63. The van der Waals surface area contributed by atoms with Crippen molar-refractivity contribution in [2.24, 2.45) is 0 Å². The lowest BCUT2D eigenvalue weighted by molar-refractivity contribution is 0.505. The molecule has 0 fully saturated rings. The molecule has 0 amide bonds. The molecule has 2 aromatic carbocycles.